The molecule has 0 aliphatic heterocycles. The number of aliphatic hydroxyl groups is 1. The van der Waals surface area contributed by atoms with Gasteiger partial charge in [-0.2, -0.15) is 11.8 Å². The maximum atomic E-state index is 10.8. The van der Waals surface area contributed by atoms with E-state index in [-0.39, 0.29) is 5.92 Å². The van der Waals surface area contributed by atoms with Crippen molar-refractivity contribution in [2.24, 2.45) is 5.92 Å². The summed E-state index contributed by atoms with van der Waals surface area (Å²) in [5, 5.41) is 22.5. The van der Waals surface area contributed by atoms with Crippen molar-refractivity contribution in [2.45, 2.75) is 44.1 Å². The molecule has 106 valence electrons. The van der Waals surface area contributed by atoms with Crippen molar-refractivity contribution in [1.82, 2.24) is 5.32 Å². The van der Waals surface area contributed by atoms with Gasteiger partial charge in [0.1, 0.15) is 0 Å². The minimum Gasteiger partial charge on any atom is -0.481 e. The van der Waals surface area contributed by atoms with Crippen LogP contribution in [0.1, 0.15) is 38.5 Å². The predicted octanol–water partition coefficient (Wildman–Crippen LogP) is 1.73. The van der Waals surface area contributed by atoms with Crippen molar-refractivity contribution in [3.63, 3.8) is 0 Å². The molecule has 1 rings (SSSR count). The van der Waals surface area contributed by atoms with E-state index < -0.39 is 11.6 Å². The lowest BCUT2D eigenvalue weighted by atomic mass is 9.79. The molecule has 1 fully saturated rings. The monoisotopic (exact) mass is 275 g/mol. The molecule has 0 amide bonds. The fourth-order valence-electron chi connectivity index (χ4n) is 2.40. The number of hydrogen-bond acceptors (Lipinski definition) is 4. The van der Waals surface area contributed by atoms with Gasteiger partial charge < -0.3 is 15.5 Å². The number of carbonyl (C=O) groups is 1. The zero-order valence-corrected chi connectivity index (χ0v) is 12.0. The van der Waals surface area contributed by atoms with E-state index in [2.05, 4.69) is 11.6 Å². The van der Waals surface area contributed by atoms with Crippen LogP contribution in [0.5, 0.6) is 0 Å². The highest BCUT2D eigenvalue weighted by Crippen LogP contribution is 2.31. The third kappa shape index (κ3) is 5.59. The Kier molecular flexibility index (Phi) is 7.04. The fourth-order valence-corrected chi connectivity index (χ4v) is 2.89. The van der Waals surface area contributed by atoms with E-state index in [0.29, 0.717) is 32.2 Å². The molecule has 0 aromatic rings. The van der Waals surface area contributed by atoms with E-state index in [1.165, 1.54) is 12.2 Å². The summed E-state index contributed by atoms with van der Waals surface area (Å²) in [6.07, 6.45) is 6.84. The molecule has 0 heterocycles. The van der Waals surface area contributed by atoms with E-state index in [4.69, 9.17) is 5.11 Å². The normalized spacial score (nSPS) is 28.2. The number of aliphatic carboxylic acids is 1. The number of thioether (sulfide) groups is 1. The summed E-state index contributed by atoms with van der Waals surface area (Å²) in [4.78, 5) is 10.8. The highest BCUT2D eigenvalue weighted by molar-refractivity contribution is 7.98. The van der Waals surface area contributed by atoms with Crippen molar-refractivity contribution >= 4 is 17.7 Å². The van der Waals surface area contributed by atoms with Gasteiger partial charge in [-0.25, -0.2) is 0 Å². The summed E-state index contributed by atoms with van der Waals surface area (Å²) in [6, 6.07) is 0. The molecule has 0 saturated heterocycles. The molecule has 4 nitrogen and oxygen atoms in total. The molecule has 1 aliphatic rings. The molecular weight excluding hydrogens is 250 g/mol. The van der Waals surface area contributed by atoms with Crippen molar-refractivity contribution in [3.05, 3.63) is 0 Å². The molecule has 18 heavy (non-hydrogen) atoms. The number of hydrogen-bond donors (Lipinski definition) is 3. The van der Waals surface area contributed by atoms with Gasteiger partial charge in [0, 0.05) is 6.54 Å². The van der Waals surface area contributed by atoms with Crippen LogP contribution < -0.4 is 5.32 Å². The summed E-state index contributed by atoms with van der Waals surface area (Å²) in [5.74, 6) is 0.209. The third-order valence-electron chi connectivity index (χ3n) is 3.67. The Morgan fingerprint density at radius 1 is 1.39 bits per heavy atom. The molecule has 0 spiro atoms. The lowest BCUT2D eigenvalue weighted by molar-refractivity contribution is -0.144. The summed E-state index contributed by atoms with van der Waals surface area (Å²) in [6.45, 7) is 1.53. The second-order valence-electron chi connectivity index (χ2n) is 5.21. The van der Waals surface area contributed by atoms with Crippen LogP contribution in [-0.2, 0) is 4.79 Å². The molecule has 0 aromatic carbocycles. The van der Waals surface area contributed by atoms with Gasteiger partial charge in [-0.1, -0.05) is 0 Å². The van der Waals surface area contributed by atoms with Crippen molar-refractivity contribution in [1.29, 1.82) is 0 Å². The van der Waals surface area contributed by atoms with Crippen molar-refractivity contribution in [3.8, 4) is 0 Å². The van der Waals surface area contributed by atoms with Crippen LogP contribution in [0.2, 0.25) is 0 Å². The van der Waals surface area contributed by atoms with Crippen molar-refractivity contribution < 1.29 is 15.0 Å². The van der Waals surface area contributed by atoms with E-state index >= 15 is 0 Å². The average Bonchev–Trinajstić information content (AvgIpc) is 2.34. The van der Waals surface area contributed by atoms with Crippen LogP contribution in [0.3, 0.4) is 0 Å². The van der Waals surface area contributed by atoms with Gasteiger partial charge in [0.2, 0.25) is 0 Å². The molecule has 0 aromatic heterocycles. The van der Waals surface area contributed by atoms with E-state index in [0.717, 1.165) is 13.0 Å². The van der Waals surface area contributed by atoms with Gasteiger partial charge in [0.05, 0.1) is 11.5 Å². The van der Waals surface area contributed by atoms with E-state index in [1.54, 1.807) is 0 Å². The second kappa shape index (κ2) is 8.02. The number of rotatable bonds is 8. The number of nitrogens with one attached hydrogen (secondary N) is 1. The number of carboxylic acids is 1. The molecule has 0 radical (unpaired) electrons. The van der Waals surface area contributed by atoms with Crippen LogP contribution in [0, 0.1) is 5.92 Å². The van der Waals surface area contributed by atoms with Gasteiger partial charge in [0.25, 0.3) is 0 Å². The second-order valence-corrected chi connectivity index (χ2v) is 6.20. The molecule has 0 bridgehead atoms. The first-order chi connectivity index (χ1) is 8.57. The highest BCUT2D eigenvalue weighted by Gasteiger charge is 2.35. The molecule has 1 aliphatic carbocycles. The Morgan fingerprint density at radius 2 is 2.06 bits per heavy atom. The van der Waals surface area contributed by atoms with Crippen LogP contribution in [0.25, 0.3) is 0 Å². The molecular formula is C13H25NO3S. The molecule has 1 saturated carbocycles. The van der Waals surface area contributed by atoms with E-state index in [1.807, 2.05) is 11.8 Å². The van der Waals surface area contributed by atoms with Gasteiger partial charge in [0.15, 0.2) is 0 Å². The van der Waals surface area contributed by atoms with Gasteiger partial charge in [-0.15, -0.1) is 0 Å². The first-order valence-corrected chi connectivity index (χ1v) is 8.12. The lowest BCUT2D eigenvalue weighted by Gasteiger charge is -2.34. The SMILES string of the molecule is CSCCCCNCC1(O)CCC(C(=O)O)CC1. The van der Waals surface area contributed by atoms with Crippen molar-refractivity contribution in [2.75, 3.05) is 25.1 Å². The lowest BCUT2D eigenvalue weighted by Crippen LogP contribution is -2.44. The van der Waals surface area contributed by atoms with Gasteiger partial charge in [-0.05, 0) is 57.1 Å². The van der Waals surface area contributed by atoms with E-state index in [9.17, 15) is 9.90 Å². The Bertz CT molecular complexity index is 253. The minimum atomic E-state index is -0.720. The third-order valence-corrected chi connectivity index (χ3v) is 4.37. The number of carboxylic acid groups (broad SMARTS) is 1. The Morgan fingerprint density at radius 3 is 2.61 bits per heavy atom. The van der Waals surface area contributed by atoms with Gasteiger partial charge >= 0.3 is 5.97 Å². The predicted molar refractivity (Wildman–Crippen MR) is 75.0 cm³/mol. The van der Waals surface area contributed by atoms with Crippen LogP contribution in [0.15, 0.2) is 0 Å². The van der Waals surface area contributed by atoms with Crippen LogP contribution in [-0.4, -0.2) is 46.9 Å². The first kappa shape index (κ1) is 15.8. The molecule has 0 atom stereocenters. The number of unbranched alkanes of at least 4 members (excludes halogenated alkanes) is 1. The smallest absolute Gasteiger partial charge is 0.306 e. The maximum Gasteiger partial charge on any atom is 0.306 e. The minimum absolute atomic E-state index is 0.258. The van der Waals surface area contributed by atoms with Gasteiger partial charge in [-0.3, -0.25) is 4.79 Å². The molecule has 3 N–H and O–H groups in total. The van der Waals surface area contributed by atoms with Crippen LogP contribution >= 0.6 is 11.8 Å². The zero-order chi connectivity index (χ0) is 13.4. The highest BCUT2D eigenvalue weighted by atomic mass is 32.2. The average molecular weight is 275 g/mol. The summed E-state index contributed by atoms with van der Waals surface area (Å²) in [5.41, 5.74) is -0.689. The molecule has 5 heteroatoms. The fraction of sp³-hybridized carbons (Fsp3) is 0.923. The first-order valence-electron chi connectivity index (χ1n) is 6.72. The summed E-state index contributed by atoms with van der Waals surface area (Å²) >= 11 is 1.86. The standard InChI is InChI=1S/C13H25NO3S/c1-18-9-3-2-8-14-10-13(17)6-4-11(5-7-13)12(15)16/h11,14,17H,2-10H2,1H3,(H,15,16). The summed E-state index contributed by atoms with van der Waals surface area (Å²) in [7, 11) is 0. The van der Waals surface area contributed by atoms with Crippen LogP contribution in [0.4, 0.5) is 0 Å². The quantitative estimate of drug-likeness (QED) is 0.589. The Labute approximate surface area is 114 Å². The Balaban J connectivity index is 2.12. The zero-order valence-electron chi connectivity index (χ0n) is 11.2. The summed E-state index contributed by atoms with van der Waals surface area (Å²) < 4.78 is 0. The topological polar surface area (TPSA) is 69.6 Å². The maximum absolute atomic E-state index is 10.8. The largest absolute Gasteiger partial charge is 0.481 e. The molecule has 0 unspecified atom stereocenters. The Hall–Kier alpha value is -0.260.